The quantitative estimate of drug-likeness (QED) is 0.397. The monoisotopic (exact) mass is 120 g/mol. The molecule has 0 aromatic heterocycles. The maximum atomic E-state index is 9.81. The number of aliphatic imine (C=N–C) groups is 1. The lowest BCUT2D eigenvalue weighted by molar-refractivity contribution is -0.200. The van der Waals surface area contributed by atoms with Gasteiger partial charge in [-0.15, -0.1) is 0 Å². The fourth-order valence-corrected chi connectivity index (χ4v) is 0.575. The average molecular weight is 120 g/mol. The van der Waals surface area contributed by atoms with Crippen LogP contribution in [-0.2, 0) is 0 Å². The van der Waals surface area contributed by atoms with Crippen molar-refractivity contribution in [3.05, 3.63) is 30.3 Å². The lowest BCUT2D eigenvalue weighted by atomic mass is 10.3. The van der Waals surface area contributed by atoms with Gasteiger partial charge in [-0.05, 0) is 12.1 Å². The van der Waals surface area contributed by atoms with Gasteiger partial charge in [-0.2, -0.15) is 0 Å². The van der Waals surface area contributed by atoms with E-state index in [-0.39, 0.29) is 0 Å². The molecular weight excluding hydrogens is 114 g/mol. The van der Waals surface area contributed by atoms with E-state index in [0.29, 0.717) is 12.1 Å². The standard InChI is InChI=1S/C7H7NO/c9-6-8-7-4-2-1-3-5-7/h1-6H,(H,8,9)/p-1. The predicted octanol–water partition coefficient (Wildman–Crippen LogP) is 0.707. The molecule has 0 saturated heterocycles. The number of hydrogen-bond acceptors (Lipinski definition) is 2. The summed E-state index contributed by atoms with van der Waals surface area (Å²) in [5.41, 5.74) is 0.701. The van der Waals surface area contributed by atoms with Crippen LogP contribution in [0.1, 0.15) is 0 Å². The molecule has 9 heavy (non-hydrogen) atoms. The molecule has 46 valence electrons. The van der Waals surface area contributed by atoms with Gasteiger partial charge >= 0.3 is 0 Å². The molecule has 0 atom stereocenters. The van der Waals surface area contributed by atoms with Gasteiger partial charge in [0.25, 0.3) is 0 Å². The van der Waals surface area contributed by atoms with Crippen molar-refractivity contribution in [1.29, 1.82) is 0 Å². The summed E-state index contributed by atoms with van der Waals surface area (Å²) in [6.07, 6.45) is 0.537. The van der Waals surface area contributed by atoms with Crippen molar-refractivity contribution in [3.8, 4) is 0 Å². The predicted molar refractivity (Wildman–Crippen MR) is 34.6 cm³/mol. The second-order valence-corrected chi connectivity index (χ2v) is 1.57. The number of nitrogens with zero attached hydrogens (tertiary/aromatic N) is 1. The highest BCUT2D eigenvalue weighted by Crippen LogP contribution is 2.07. The smallest absolute Gasteiger partial charge is 0.0615 e. The van der Waals surface area contributed by atoms with Crippen LogP contribution >= 0.6 is 0 Å². The van der Waals surface area contributed by atoms with Crippen LogP contribution in [0.25, 0.3) is 0 Å². The molecule has 0 aliphatic carbocycles. The third kappa shape index (κ3) is 1.57. The van der Waals surface area contributed by atoms with Crippen LogP contribution in [0.4, 0.5) is 5.69 Å². The van der Waals surface area contributed by atoms with Gasteiger partial charge in [-0.3, -0.25) is 4.99 Å². The van der Waals surface area contributed by atoms with E-state index in [4.69, 9.17) is 0 Å². The maximum absolute atomic E-state index is 9.81. The molecule has 0 fully saturated rings. The van der Waals surface area contributed by atoms with Crippen LogP contribution in [0.3, 0.4) is 0 Å². The molecular formula is C7H6NO-. The van der Waals surface area contributed by atoms with Crippen molar-refractivity contribution >= 4 is 12.1 Å². The van der Waals surface area contributed by atoms with Crippen molar-refractivity contribution in [3.63, 3.8) is 0 Å². The first-order valence-electron chi connectivity index (χ1n) is 2.63. The van der Waals surface area contributed by atoms with Crippen molar-refractivity contribution in [2.45, 2.75) is 0 Å². The summed E-state index contributed by atoms with van der Waals surface area (Å²) in [5, 5.41) is 9.81. The van der Waals surface area contributed by atoms with E-state index < -0.39 is 0 Å². The molecule has 1 aromatic rings. The molecule has 1 rings (SSSR count). The zero-order chi connectivity index (χ0) is 6.53. The number of hydrogen-bond donors (Lipinski definition) is 0. The molecule has 0 N–H and O–H groups in total. The van der Waals surface area contributed by atoms with Crippen LogP contribution in [0, 0.1) is 0 Å². The van der Waals surface area contributed by atoms with E-state index in [9.17, 15) is 5.11 Å². The molecule has 0 saturated carbocycles. The Kier molecular flexibility index (Phi) is 1.85. The fraction of sp³-hybridized carbons (Fsp3) is 0. The van der Waals surface area contributed by atoms with Crippen molar-refractivity contribution in [1.82, 2.24) is 0 Å². The van der Waals surface area contributed by atoms with Crippen LogP contribution in [0.5, 0.6) is 0 Å². The van der Waals surface area contributed by atoms with E-state index in [0.717, 1.165) is 0 Å². The van der Waals surface area contributed by atoms with E-state index in [1.165, 1.54) is 0 Å². The molecule has 0 heterocycles. The summed E-state index contributed by atoms with van der Waals surface area (Å²) in [6, 6.07) is 9.09. The van der Waals surface area contributed by atoms with Crippen molar-refractivity contribution in [2.75, 3.05) is 0 Å². The van der Waals surface area contributed by atoms with Crippen molar-refractivity contribution < 1.29 is 5.11 Å². The van der Waals surface area contributed by atoms with Gasteiger partial charge < -0.3 is 5.11 Å². The van der Waals surface area contributed by atoms with Gasteiger partial charge in [-0.1, -0.05) is 24.6 Å². The molecule has 0 bridgehead atoms. The highest BCUT2D eigenvalue weighted by atomic mass is 16.3. The van der Waals surface area contributed by atoms with Crippen LogP contribution < -0.4 is 5.11 Å². The minimum atomic E-state index is 0.537. The van der Waals surface area contributed by atoms with Crippen LogP contribution in [0.15, 0.2) is 35.3 Å². The van der Waals surface area contributed by atoms with Gasteiger partial charge in [-0.25, -0.2) is 0 Å². The second-order valence-electron chi connectivity index (χ2n) is 1.57. The average Bonchev–Trinajstić information content (AvgIpc) is 1.91. The Morgan fingerprint density at radius 1 is 1.22 bits per heavy atom. The highest BCUT2D eigenvalue weighted by molar-refractivity contribution is 5.51. The molecule has 2 nitrogen and oxygen atoms in total. The third-order valence-corrected chi connectivity index (χ3v) is 0.958. The van der Waals surface area contributed by atoms with Gasteiger partial charge in [0.2, 0.25) is 0 Å². The normalized spacial score (nSPS) is 10.2. The highest BCUT2D eigenvalue weighted by Gasteiger charge is 1.77. The molecule has 0 spiro atoms. The minimum absolute atomic E-state index is 0.537. The zero-order valence-electron chi connectivity index (χ0n) is 4.82. The first kappa shape index (κ1) is 5.82. The van der Waals surface area contributed by atoms with Crippen LogP contribution in [0.2, 0.25) is 0 Å². The Hall–Kier alpha value is -1.31. The lowest BCUT2D eigenvalue weighted by Crippen LogP contribution is -1.94. The first-order chi connectivity index (χ1) is 4.43. The molecule has 0 amide bonds. The molecule has 2 heteroatoms. The third-order valence-electron chi connectivity index (χ3n) is 0.958. The molecule has 0 radical (unpaired) electrons. The molecule has 0 aliphatic rings. The Bertz CT molecular complexity index is 193. The Balaban J connectivity index is 2.85. The van der Waals surface area contributed by atoms with E-state index in [1.807, 2.05) is 18.2 Å². The fourth-order valence-electron chi connectivity index (χ4n) is 0.575. The SMILES string of the molecule is [O-]C=Nc1ccccc1. The number of para-hydroxylation sites is 1. The number of rotatable bonds is 1. The van der Waals surface area contributed by atoms with Gasteiger partial charge in [0.1, 0.15) is 0 Å². The molecule has 0 aliphatic heterocycles. The maximum Gasteiger partial charge on any atom is 0.0615 e. The largest absolute Gasteiger partial charge is 0.864 e. The molecule has 1 aromatic carbocycles. The van der Waals surface area contributed by atoms with Gasteiger partial charge in [0.15, 0.2) is 0 Å². The second kappa shape index (κ2) is 2.87. The first-order valence-corrected chi connectivity index (χ1v) is 2.63. The van der Waals surface area contributed by atoms with Gasteiger partial charge in [0.05, 0.1) is 5.69 Å². The Labute approximate surface area is 53.5 Å². The summed E-state index contributed by atoms with van der Waals surface area (Å²) >= 11 is 0. The summed E-state index contributed by atoms with van der Waals surface area (Å²) < 4.78 is 0. The van der Waals surface area contributed by atoms with Gasteiger partial charge in [0, 0.05) is 0 Å². The van der Waals surface area contributed by atoms with E-state index in [1.54, 1.807) is 12.1 Å². The Morgan fingerprint density at radius 3 is 2.44 bits per heavy atom. The summed E-state index contributed by atoms with van der Waals surface area (Å²) in [5.74, 6) is 0. The van der Waals surface area contributed by atoms with Crippen molar-refractivity contribution in [2.24, 2.45) is 4.99 Å². The van der Waals surface area contributed by atoms with Crippen LogP contribution in [-0.4, -0.2) is 6.40 Å². The summed E-state index contributed by atoms with van der Waals surface area (Å²) in [6.45, 7) is 0. The lowest BCUT2D eigenvalue weighted by Gasteiger charge is -1.91. The number of benzene rings is 1. The minimum Gasteiger partial charge on any atom is -0.864 e. The zero-order valence-corrected chi connectivity index (χ0v) is 4.82. The topological polar surface area (TPSA) is 35.4 Å². The summed E-state index contributed by atoms with van der Waals surface area (Å²) in [7, 11) is 0. The molecule has 0 unspecified atom stereocenters. The summed E-state index contributed by atoms with van der Waals surface area (Å²) in [4.78, 5) is 3.53. The van der Waals surface area contributed by atoms with E-state index in [2.05, 4.69) is 4.99 Å². The Morgan fingerprint density at radius 2 is 1.89 bits per heavy atom. The van der Waals surface area contributed by atoms with E-state index >= 15 is 0 Å².